The average Bonchev–Trinajstić information content (AvgIpc) is 2.84. The van der Waals surface area contributed by atoms with Crippen molar-refractivity contribution in [1.29, 1.82) is 0 Å². The fourth-order valence-electron chi connectivity index (χ4n) is 2.47. The fourth-order valence-corrected chi connectivity index (χ4v) is 2.70. The molecular weight excluding hydrogens is 308 g/mol. The van der Waals surface area contributed by atoms with E-state index in [4.69, 9.17) is 16.6 Å². The molecule has 0 saturated carbocycles. The van der Waals surface area contributed by atoms with E-state index in [0.717, 1.165) is 28.4 Å². The Morgan fingerprint density at radius 2 is 1.87 bits per heavy atom. The molecule has 2 aromatic heterocycles. The number of rotatable bonds is 3. The van der Waals surface area contributed by atoms with Crippen LogP contribution in [0.2, 0.25) is 5.02 Å². The molecule has 0 aliphatic rings. The molecular formula is C18H19ClN4. The second kappa shape index (κ2) is 6.13. The molecule has 5 heteroatoms. The van der Waals surface area contributed by atoms with Gasteiger partial charge >= 0.3 is 0 Å². The highest BCUT2D eigenvalue weighted by Gasteiger charge is 2.15. The van der Waals surface area contributed by atoms with Gasteiger partial charge < -0.3 is 0 Å². The van der Waals surface area contributed by atoms with E-state index in [1.54, 1.807) is 0 Å². The molecule has 0 bridgehead atoms. The van der Waals surface area contributed by atoms with E-state index in [2.05, 4.69) is 37.1 Å². The van der Waals surface area contributed by atoms with Crippen molar-refractivity contribution in [3.8, 4) is 0 Å². The zero-order chi connectivity index (χ0) is 16.6. The van der Waals surface area contributed by atoms with Gasteiger partial charge in [-0.05, 0) is 61.2 Å². The highest BCUT2D eigenvalue weighted by molar-refractivity contribution is 6.30. The number of hydrogen-bond donors (Lipinski definition) is 0. The average molecular weight is 327 g/mol. The summed E-state index contributed by atoms with van der Waals surface area (Å²) in [5.41, 5.74) is 4.83. The summed E-state index contributed by atoms with van der Waals surface area (Å²) in [6, 6.07) is 9.69. The van der Waals surface area contributed by atoms with Crippen LogP contribution < -0.4 is 0 Å². The minimum Gasteiger partial charge on any atom is -0.283 e. The van der Waals surface area contributed by atoms with Crippen LogP contribution >= 0.6 is 11.6 Å². The van der Waals surface area contributed by atoms with Gasteiger partial charge in [-0.3, -0.25) is 4.40 Å². The predicted molar refractivity (Wildman–Crippen MR) is 94.4 cm³/mol. The van der Waals surface area contributed by atoms with Gasteiger partial charge in [0, 0.05) is 11.2 Å². The maximum Gasteiger partial charge on any atom is 0.183 e. The smallest absolute Gasteiger partial charge is 0.183 e. The van der Waals surface area contributed by atoms with Gasteiger partial charge in [-0.15, -0.1) is 10.2 Å². The number of nitrogens with zero attached hydrogens (tertiary/aromatic N) is 4. The normalized spacial score (nSPS) is 11.9. The highest BCUT2D eigenvalue weighted by Crippen LogP contribution is 2.30. The summed E-state index contributed by atoms with van der Waals surface area (Å²) in [5.74, 6) is 1.06. The molecule has 4 nitrogen and oxygen atoms in total. The number of fused-ring (bicyclic) bond motifs is 1. The number of aromatic nitrogens is 2. The zero-order valence-electron chi connectivity index (χ0n) is 13.7. The van der Waals surface area contributed by atoms with Gasteiger partial charge in [0.25, 0.3) is 0 Å². The quantitative estimate of drug-likeness (QED) is 0.533. The van der Waals surface area contributed by atoms with Gasteiger partial charge in [0.2, 0.25) is 0 Å². The number of hydrogen-bond acceptors (Lipinski definition) is 3. The summed E-state index contributed by atoms with van der Waals surface area (Å²) in [7, 11) is 0. The minimum absolute atomic E-state index is 0.274. The molecule has 1 aromatic carbocycles. The Bertz CT molecular complexity index is 893. The van der Waals surface area contributed by atoms with Crippen LogP contribution in [-0.2, 0) is 0 Å². The van der Waals surface area contributed by atoms with Crippen molar-refractivity contribution < 1.29 is 0 Å². The Morgan fingerprint density at radius 3 is 2.57 bits per heavy atom. The van der Waals surface area contributed by atoms with Crippen molar-refractivity contribution in [3.05, 3.63) is 58.4 Å². The third-order valence-electron chi connectivity index (χ3n) is 3.74. The molecule has 0 spiro atoms. The lowest BCUT2D eigenvalue weighted by atomic mass is 10.1. The first-order chi connectivity index (χ1) is 11.0. The van der Waals surface area contributed by atoms with E-state index < -0.39 is 0 Å². The molecule has 118 valence electrons. The molecule has 0 N–H and O–H groups in total. The van der Waals surface area contributed by atoms with Crippen LogP contribution in [0, 0.1) is 13.8 Å². The monoisotopic (exact) mass is 326 g/mol. The summed E-state index contributed by atoms with van der Waals surface area (Å²) in [4.78, 5) is 4.71. The Balaban J connectivity index is 2.11. The topological polar surface area (TPSA) is 42.0 Å². The van der Waals surface area contributed by atoms with Crippen LogP contribution in [0.5, 0.6) is 0 Å². The van der Waals surface area contributed by atoms with Crippen molar-refractivity contribution in [2.24, 2.45) is 10.2 Å². The Morgan fingerprint density at radius 1 is 1.09 bits per heavy atom. The van der Waals surface area contributed by atoms with E-state index in [1.165, 1.54) is 5.56 Å². The van der Waals surface area contributed by atoms with Gasteiger partial charge in [0.05, 0.1) is 11.4 Å². The number of benzene rings is 1. The van der Waals surface area contributed by atoms with Gasteiger partial charge in [-0.25, -0.2) is 4.98 Å². The standard InChI is InChI=1S/C18H19ClN4/c1-11(2)17-18(23-8-7-12(3)9-16(23)20-17)22-21-15-6-5-14(19)10-13(15)4/h5-11H,1-4H3. The number of halogens is 1. The number of aryl methyl sites for hydroxylation is 2. The molecule has 0 amide bonds. The maximum absolute atomic E-state index is 5.99. The fraction of sp³-hybridized carbons (Fsp3) is 0.278. The molecule has 0 saturated heterocycles. The van der Waals surface area contributed by atoms with Crippen LogP contribution in [0.4, 0.5) is 11.5 Å². The molecule has 2 heterocycles. The highest BCUT2D eigenvalue weighted by atomic mass is 35.5. The maximum atomic E-state index is 5.99. The van der Waals surface area contributed by atoms with Gasteiger partial charge in [-0.1, -0.05) is 25.4 Å². The van der Waals surface area contributed by atoms with Crippen LogP contribution in [0.25, 0.3) is 5.65 Å². The van der Waals surface area contributed by atoms with Crippen molar-refractivity contribution in [3.63, 3.8) is 0 Å². The summed E-state index contributed by atoms with van der Waals surface area (Å²) >= 11 is 5.99. The third kappa shape index (κ3) is 3.13. The molecule has 0 fully saturated rings. The predicted octanol–water partition coefficient (Wildman–Crippen LogP) is 6.14. The number of azo groups is 1. The van der Waals surface area contributed by atoms with E-state index in [0.29, 0.717) is 5.02 Å². The Kier molecular flexibility index (Phi) is 4.18. The first-order valence-corrected chi connectivity index (χ1v) is 8.00. The van der Waals surface area contributed by atoms with Crippen LogP contribution in [0.3, 0.4) is 0 Å². The molecule has 0 aliphatic heterocycles. The summed E-state index contributed by atoms with van der Waals surface area (Å²) in [6.07, 6.45) is 1.99. The van der Waals surface area contributed by atoms with Crippen LogP contribution in [-0.4, -0.2) is 9.38 Å². The van der Waals surface area contributed by atoms with Gasteiger partial charge in [-0.2, -0.15) is 0 Å². The largest absolute Gasteiger partial charge is 0.283 e. The lowest BCUT2D eigenvalue weighted by Crippen LogP contribution is -1.87. The van der Waals surface area contributed by atoms with E-state index in [9.17, 15) is 0 Å². The molecule has 0 atom stereocenters. The second-order valence-corrected chi connectivity index (χ2v) is 6.47. The Labute approximate surface area is 140 Å². The van der Waals surface area contributed by atoms with Crippen molar-refractivity contribution >= 4 is 28.8 Å². The third-order valence-corrected chi connectivity index (χ3v) is 3.98. The zero-order valence-corrected chi connectivity index (χ0v) is 14.5. The molecule has 3 aromatic rings. The van der Waals surface area contributed by atoms with Crippen molar-refractivity contribution in [2.45, 2.75) is 33.6 Å². The lowest BCUT2D eigenvalue weighted by Gasteiger charge is -2.03. The number of pyridine rings is 1. The van der Waals surface area contributed by atoms with E-state index in [-0.39, 0.29) is 5.92 Å². The Hall–Kier alpha value is -2.20. The second-order valence-electron chi connectivity index (χ2n) is 6.04. The summed E-state index contributed by atoms with van der Waals surface area (Å²) in [5, 5.41) is 9.60. The van der Waals surface area contributed by atoms with E-state index in [1.807, 2.05) is 41.8 Å². The minimum atomic E-state index is 0.274. The van der Waals surface area contributed by atoms with Crippen LogP contribution in [0.1, 0.15) is 36.6 Å². The van der Waals surface area contributed by atoms with Gasteiger partial charge in [0.15, 0.2) is 5.82 Å². The molecule has 0 unspecified atom stereocenters. The SMILES string of the molecule is Cc1ccn2c(N=Nc3ccc(Cl)cc3C)c(C(C)C)nc2c1. The molecule has 3 rings (SSSR count). The molecule has 0 aliphatic carbocycles. The molecule has 0 radical (unpaired) electrons. The van der Waals surface area contributed by atoms with Crippen molar-refractivity contribution in [2.75, 3.05) is 0 Å². The summed E-state index contributed by atoms with van der Waals surface area (Å²) in [6.45, 7) is 8.26. The van der Waals surface area contributed by atoms with Crippen molar-refractivity contribution in [1.82, 2.24) is 9.38 Å². The lowest BCUT2D eigenvalue weighted by molar-refractivity contribution is 0.831. The number of imidazole rings is 1. The first-order valence-electron chi connectivity index (χ1n) is 7.62. The summed E-state index contributed by atoms with van der Waals surface area (Å²) < 4.78 is 1.98. The van der Waals surface area contributed by atoms with Crippen LogP contribution in [0.15, 0.2) is 46.8 Å². The first kappa shape index (κ1) is 15.7. The van der Waals surface area contributed by atoms with E-state index >= 15 is 0 Å². The van der Waals surface area contributed by atoms with Gasteiger partial charge in [0.1, 0.15) is 5.65 Å². The molecule has 23 heavy (non-hydrogen) atoms.